The lowest BCUT2D eigenvalue weighted by atomic mass is 10.1. The van der Waals surface area contributed by atoms with Gasteiger partial charge in [0.2, 0.25) is 5.91 Å². The summed E-state index contributed by atoms with van der Waals surface area (Å²) in [5.41, 5.74) is 7.42. The van der Waals surface area contributed by atoms with Crippen LogP contribution < -0.4 is 16.4 Å². The van der Waals surface area contributed by atoms with Crippen LogP contribution >= 0.6 is 11.8 Å². The van der Waals surface area contributed by atoms with Crippen molar-refractivity contribution < 1.29 is 9.59 Å². The van der Waals surface area contributed by atoms with Crippen molar-refractivity contribution >= 4 is 23.6 Å². The summed E-state index contributed by atoms with van der Waals surface area (Å²) in [5.74, 6) is 0.648. The molecular formula is C15H23N3O2S. The van der Waals surface area contributed by atoms with Crippen LogP contribution in [0, 0.1) is 0 Å². The molecule has 4 N–H and O–H groups in total. The van der Waals surface area contributed by atoms with Gasteiger partial charge in [0.15, 0.2) is 0 Å². The Kier molecular flexibility index (Phi) is 7.85. The SMILES string of the molecule is CNC(=O)c1cccc(CCNC(=O)[C@@H](N)CCSC)c1. The molecule has 0 spiro atoms. The molecule has 1 aromatic carbocycles. The number of nitrogens with two attached hydrogens (primary N) is 1. The second-order valence-electron chi connectivity index (χ2n) is 4.71. The summed E-state index contributed by atoms with van der Waals surface area (Å²) in [6.07, 6.45) is 3.34. The van der Waals surface area contributed by atoms with Crippen molar-refractivity contribution in [2.45, 2.75) is 18.9 Å². The Morgan fingerprint density at radius 3 is 2.81 bits per heavy atom. The van der Waals surface area contributed by atoms with E-state index in [1.807, 2.05) is 24.5 Å². The topological polar surface area (TPSA) is 84.2 Å². The van der Waals surface area contributed by atoms with Crippen molar-refractivity contribution in [1.29, 1.82) is 0 Å². The predicted molar refractivity (Wildman–Crippen MR) is 87.5 cm³/mol. The van der Waals surface area contributed by atoms with Gasteiger partial charge in [-0.2, -0.15) is 11.8 Å². The van der Waals surface area contributed by atoms with E-state index in [2.05, 4.69) is 10.6 Å². The van der Waals surface area contributed by atoms with Crippen molar-refractivity contribution in [2.24, 2.45) is 5.73 Å². The van der Waals surface area contributed by atoms with E-state index in [0.717, 1.165) is 11.3 Å². The van der Waals surface area contributed by atoms with Crippen LogP contribution in [0.1, 0.15) is 22.3 Å². The van der Waals surface area contributed by atoms with Gasteiger partial charge in [0.25, 0.3) is 5.91 Å². The Morgan fingerprint density at radius 1 is 1.38 bits per heavy atom. The molecule has 21 heavy (non-hydrogen) atoms. The zero-order valence-electron chi connectivity index (χ0n) is 12.5. The standard InChI is InChI=1S/C15H23N3O2S/c1-17-14(19)12-5-3-4-11(10-12)6-8-18-15(20)13(16)7-9-21-2/h3-5,10,13H,6-9,16H2,1-2H3,(H,17,19)(H,18,20)/t13-/m0/s1. The fraction of sp³-hybridized carbons (Fsp3) is 0.467. The summed E-state index contributed by atoms with van der Waals surface area (Å²) in [6, 6.07) is 6.92. The molecule has 1 rings (SSSR count). The van der Waals surface area contributed by atoms with Crippen molar-refractivity contribution in [3.8, 4) is 0 Å². The summed E-state index contributed by atoms with van der Waals surface area (Å²) in [6.45, 7) is 0.517. The predicted octanol–water partition coefficient (Wildman–Crippen LogP) is 0.785. The summed E-state index contributed by atoms with van der Waals surface area (Å²) >= 11 is 1.68. The van der Waals surface area contributed by atoms with Crippen LogP contribution in [0.5, 0.6) is 0 Å². The molecule has 2 amide bonds. The molecule has 0 heterocycles. The molecule has 0 bridgehead atoms. The monoisotopic (exact) mass is 309 g/mol. The molecule has 0 radical (unpaired) electrons. The van der Waals surface area contributed by atoms with E-state index in [1.165, 1.54) is 0 Å². The minimum Gasteiger partial charge on any atom is -0.355 e. The van der Waals surface area contributed by atoms with Gasteiger partial charge < -0.3 is 16.4 Å². The molecule has 0 aromatic heterocycles. The first-order valence-corrected chi connectivity index (χ1v) is 8.31. The Hall–Kier alpha value is -1.53. The van der Waals surface area contributed by atoms with Crippen molar-refractivity contribution in [3.05, 3.63) is 35.4 Å². The third-order valence-electron chi connectivity index (χ3n) is 3.10. The second-order valence-corrected chi connectivity index (χ2v) is 5.69. The Morgan fingerprint density at radius 2 is 2.14 bits per heavy atom. The molecule has 0 unspecified atom stereocenters. The lowest BCUT2D eigenvalue weighted by Gasteiger charge is -2.11. The van der Waals surface area contributed by atoms with E-state index in [9.17, 15) is 9.59 Å². The first kappa shape index (κ1) is 17.5. The van der Waals surface area contributed by atoms with Gasteiger partial charge in [-0.25, -0.2) is 0 Å². The Balaban J connectivity index is 2.42. The summed E-state index contributed by atoms with van der Waals surface area (Å²) in [7, 11) is 1.60. The molecule has 1 aromatic rings. The van der Waals surface area contributed by atoms with Gasteiger partial charge >= 0.3 is 0 Å². The van der Waals surface area contributed by atoms with Gasteiger partial charge in [-0.15, -0.1) is 0 Å². The minimum absolute atomic E-state index is 0.111. The number of carbonyl (C=O) groups excluding carboxylic acids is 2. The lowest BCUT2D eigenvalue weighted by Crippen LogP contribution is -2.41. The summed E-state index contributed by atoms with van der Waals surface area (Å²) in [5, 5.41) is 5.42. The number of hydrogen-bond acceptors (Lipinski definition) is 4. The number of amides is 2. The van der Waals surface area contributed by atoms with E-state index in [1.54, 1.807) is 24.9 Å². The Labute approximate surface area is 130 Å². The highest BCUT2D eigenvalue weighted by Gasteiger charge is 2.12. The van der Waals surface area contributed by atoms with Crippen molar-refractivity contribution in [2.75, 3.05) is 25.6 Å². The fourth-order valence-corrected chi connectivity index (χ4v) is 2.34. The smallest absolute Gasteiger partial charge is 0.251 e. The van der Waals surface area contributed by atoms with E-state index in [4.69, 9.17) is 5.73 Å². The highest BCUT2D eigenvalue weighted by Crippen LogP contribution is 2.06. The summed E-state index contributed by atoms with van der Waals surface area (Å²) in [4.78, 5) is 23.3. The average molecular weight is 309 g/mol. The molecule has 0 saturated carbocycles. The van der Waals surface area contributed by atoms with Gasteiger partial charge in [-0.05, 0) is 42.5 Å². The zero-order valence-corrected chi connectivity index (χ0v) is 13.3. The quantitative estimate of drug-likeness (QED) is 0.663. The maximum absolute atomic E-state index is 11.8. The molecule has 0 fully saturated rings. The molecule has 0 saturated heterocycles. The highest BCUT2D eigenvalue weighted by atomic mass is 32.2. The van der Waals surface area contributed by atoms with Crippen LogP contribution in [0.25, 0.3) is 0 Å². The normalized spacial score (nSPS) is 11.8. The van der Waals surface area contributed by atoms with E-state index < -0.39 is 6.04 Å². The fourth-order valence-electron chi connectivity index (χ4n) is 1.85. The van der Waals surface area contributed by atoms with Gasteiger partial charge in [0.05, 0.1) is 6.04 Å². The van der Waals surface area contributed by atoms with E-state index in [-0.39, 0.29) is 11.8 Å². The third kappa shape index (κ3) is 6.18. The third-order valence-corrected chi connectivity index (χ3v) is 3.74. The number of carbonyl (C=O) groups is 2. The van der Waals surface area contributed by atoms with Crippen LogP contribution in [-0.4, -0.2) is 43.5 Å². The molecule has 0 aliphatic heterocycles. The molecule has 6 heteroatoms. The Bertz CT molecular complexity index is 480. The molecular weight excluding hydrogens is 286 g/mol. The average Bonchev–Trinajstić information content (AvgIpc) is 2.51. The maximum atomic E-state index is 11.8. The van der Waals surface area contributed by atoms with Gasteiger partial charge in [0.1, 0.15) is 0 Å². The second kappa shape index (κ2) is 9.41. The molecule has 116 valence electrons. The first-order chi connectivity index (χ1) is 10.1. The number of hydrogen-bond donors (Lipinski definition) is 3. The van der Waals surface area contributed by atoms with Gasteiger partial charge in [0, 0.05) is 19.2 Å². The minimum atomic E-state index is -0.449. The van der Waals surface area contributed by atoms with E-state index >= 15 is 0 Å². The van der Waals surface area contributed by atoms with Gasteiger partial charge in [-0.3, -0.25) is 9.59 Å². The zero-order chi connectivity index (χ0) is 15.7. The molecule has 5 nitrogen and oxygen atoms in total. The number of thioether (sulfide) groups is 1. The largest absolute Gasteiger partial charge is 0.355 e. The van der Waals surface area contributed by atoms with Crippen LogP contribution in [-0.2, 0) is 11.2 Å². The summed E-state index contributed by atoms with van der Waals surface area (Å²) < 4.78 is 0. The van der Waals surface area contributed by atoms with Crippen LogP contribution in [0.3, 0.4) is 0 Å². The molecule has 0 aliphatic carbocycles. The first-order valence-electron chi connectivity index (χ1n) is 6.91. The van der Waals surface area contributed by atoms with Crippen LogP contribution in [0.15, 0.2) is 24.3 Å². The number of rotatable bonds is 8. The number of benzene rings is 1. The van der Waals surface area contributed by atoms with Crippen molar-refractivity contribution in [3.63, 3.8) is 0 Å². The number of nitrogens with one attached hydrogen (secondary N) is 2. The van der Waals surface area contributed by atoms with Gasteiger partial charge in [-0.1, -0.05) is 12.1 Å². The highest BCUT2D eigenvalue weighted by molar-refractivity contribution is 7.98. The lowest BCUT2D eigenvalue weighted by molar-refractivity contribution is -0.122. The van der Waals surface area contributed by atoms with Crippen LogP contribution in [0.2, 0.25) is 0 Å². The molecule has 0 aliphatic rings. The van der Waals surface area contributed by atoms with Crippen molar-refractivity contribution in [1.82, 2.24) is 10.6 Å². The maximum Gasteiger partial charge on any atom is 0.251 e. The van der Waals surface area contributed by atoms with Crippen LogP contribution in [0.4, 0.5) is 0 Å². The molecule has 1 atom stereocenters. The van der Waals surface area contributed by atoms with E-state index in [0.29, 0.717) is 24.9 Å².